The molecule has 0 amide bonds. The Balaban J connectivity index is 1.79. The molecule has 2 unspecified atom stereocenters. The highest BCUT2D eigenvalue weighted by molar-refractivity contribution is 6.01. The maximum Gasteiger partial charge on any atom is 0.130 e. The molecule has 0 aliphatic carbocycles. The number of nitrogens with zero attached hydrogens (tertiary/aromatic N) is 1. The van der Waals surface area contributed by atoms with E-state index in [1.807, 2.05) is 36.4 Å². The van der Waals surface area contributed by atoms with Crippen molar-refractivity contribution in [3.05, 3.63) is 89.0 Å². The van der Waals surface area contributed by atoms with Crippen LogP contribution in [0.4, 0.5) is 0 Å². The van der Waals surface area contributed by atoms with Crippen molar-refractivity contribution < 1.29 is 14.6 Å². The third-order valence-corrected chi connectivity index (χ3v) is 5.78. The first-order valence-corrected chi connectivity index (χ1v) is 10.5. The summed E-state index contributed by atoms with van der Waals surface area (Å²) in [5, 5.41) is 14.1. The number of aromatic hydroxyl groups is 1. The van der Waals surface area contributed by atoms with E-state index < -0.39 is 0 Å². The van der Waals surface area contributed by atoms with Crippen LogP contribution in [0.1, 0.15) is 47.8 Å². The van der Waals surface area contributed by atoms with Gasteiger partial charge in [-0.05, 0) is 41.8 Å². The van der Waals surface area contributed by atoms with Crippen LogP contribution >= 0.6 is 0 Å². The van der Waals surface area contributed by atoms with Crippen LogP contribution < -0.4 is 14.8 Å². The van der Waals surface area contributed by atoms with E-state index in [-0.39, 0.29) is 18.0 Å². The number of aryl methyl sites for hydroxylation is 1. The van der Waals surface area contributed by atoms with Gasteiger partial charge in [0.1, 0.15) is 23.4 Å². The molecule has 4 rings (SSSR count). The second kappa shape index (κ2) is 9.23. The molecule has 5 heteroatoms. The molecule has 0 saturated heterocycles. The van der Waals surface area contributed by atoms with Gasteiger partial charge >= 0.3 is 0 Å². The maximum absolute atomic E-state index is 10.5. The number of phenols is 1. The SMILES string of the molecule is CCc1ccc(C2=NC(c3cc(OC)ccc3OC)NC(c3ccccc3O)C2)cc1. The smallest absolute Gasteiger partial charge is 0.130 e. The van der Waals surface area contributed by atoms with Gasteiger partial charge in [-0.1, -0.05) is 49.4 Å². The third-order valence-electron chi connectivity index (χ3n) is 5.78. The van der Waals surface area contributed by atoms with Gasteiger partial charge in [-0.15, -0.1) is 0 Å². The van der Waals surface area contributed by atoms with Crippen LogP contribution in [0.25, 0.3) is 0 Å². The first kappa shape index (κ1) is 20.9. The summed E-state index contributed by atoms with van der Waals surface area (Å²) in [5.41, 5.74) is 5.12. The van der Waals surface area contributed by atoms with E-state index in [9.17, 15) is 5.11 Å². The number of phenolic OH excluding ortho intramolecular Hbond substituents is 1. The summed E-state index contributed by atoms with van der Waals surface area (Å²) >= 11 is 0. The molecule has 0 aromatic heterocycles. The molecule has 5 nitrogen and oxygen atoms in total. The van der Waals surface area contributed by atoms with Crippen molar-refractivity contribution in [1.82, 2.24) is 5.32 Å². The van der Waals surface area contributed by atoms with E-state index in [1.165, 1.54) is 5.56 Å². The lowest BCUT2D eigenvalue weighted by atomic mass is 9.93. The van der Waals surface area contributed by atoms with Crippen LogP contribution in [0.5, 0.6) is 17.2 Å². The third kappa shape index (κ3) is 4.42. The van der Waals surface area contributed by atoms with Crippen molar-refractivity contribution in [2.45, 2.75) is 32.0 Å². The highest BCUT2D eigenvalue weighted by Crippen LogP contribution is 2.38. The number of ether oxygens (including phenoxy) is 2. The largest absolute Gasteiger partial charge is 0.508 e. The number of methoxy groups -OCH3 is 2. The molecule has 2 atom stereocenters. The number of hydrogen-bond acceptors (Lipinski definition) is 5. The minimum absolute atomic E-state index is 0.0968. The van der Waals surface area contributed by atoms with Gasteiger partial charge in [-0.25, -0.2) is 0 Å². The summed E-state index contributed by atoms with van der Waals surface area (Å²) in [6.07, 6.45) is 1.33. The molecule has 1 aliphatic heterocycles. The molecular formula is C26H28N2O3. The minimum atomic E-state index is -0.343. The first-order chi connectivity index (χ1) is 15.1. The molecule has 0 bridgehead atoms. The van der Waals surface area contributed by atoms with Crippen molar-refractivity contribution in [1.29, 1.82) is 0 Å². The lowest BCUT2D eigenvalue weighted by Crippen LogP contribution is -2.33. The molecule has 0 saturated carbocycles. The van der Waals surface area contributed by atoms with Crippen molar-refractivity contribution in [2.24, 2.45) is 4.99 Å². The second-order valence-electron chi connectivity index (χ2n) is 7.62. The average Bonchev–Trinajstić information content (AvgIpc) is 2.83. The zero-order valence-electron chi connectivity index (χ0n) is 18.1. The zero-order chi connectivity index (χ0) is 21.8. The lowest BCUT2D eigenvalue weighted by molar-refractivity contribution is 0.374. The average molecular weight is 417 g/mol. The van der Waals surface area contributed by atoms with Gasteiger partial charge in [-0.3, -0.25) is 10.3 Å². The molecule has 0 spiro atoms. The zero-order valence-corrected chi connectivity index (χ0v) is 18.1. The van der Waals surface area contributed by atoms with Gasteiger partial charge in [0.25, 0.3) is 0 Å². The van der Waals surface area contributed by atoms with Gasteiger partial charge in [0.2, 0.25) is 0 Å². The number of hydrogen-bond donors (Lipinski definition) is 2. The number of rotatable bonds is 6. The molecule has 0 fully saturated rings. The molecule has 1 aliphatic rings. The summed E-state index contributed by atoms with van der Waals surface area (Å²) in [7, 11) is 3.30. The molecule has 31 heavy (non-hydrogen) atoms. The summed E-state index contributed by atoms with van der Waals surface area (Å²) in [4.78, 5) is 5.06. The molecular weight excluding hydrogens is 388 g/mol. The van der Waals surface area contributed by atoms with E-state index in [0.717, 1.165) is 40.3 Å². The van der Waals surface area contributed by atoms with Crippen LogP contribution in [0.2, 0.25) is 0 Å². The standard InChI is InChI=1S/C26H28N2O3/c1-4-17-9-11-18(12-10-17)22-16-23(20-7-5-6-8-24(20)29)28-26(27-22)21-15-19(30-2)13-14-25(21)31-3/h5-15,23,26,28-29H,4,16H2,1-3H3. The summed E-state index contributed by atoms with van der Waals surface area (Å²) in [6, 6.07) is 21.6. The summed E-state index contributed by atoms with van der Waals surface area (Å²) < 4.78 is 11.1. The number of benzene rings is 3. The van der Waals surface area contributed by atoms with Crippen LogP contribution in [0.3, 0.4) is 0 Å². The maximum atomic E-state index is 10.5. The Morgan fingerprint density at radius 3 is 2.42 bits per heavy atom. The van der Waals surface area contributed by atoms with Gasteiger partial charge < -0.3 is 14.6 Å². The van der Waals surface area contributed by atoms with Gasteiger partial charge in [0, 0.05) is 29.3 Å². The minimum Gasteiger partial charge on any atom is -0.508 e. The number of para-hydroxylation sites is 1. The van der Waals surface area contributed by atoms with Crippen LogP contribution in [-0.4, -0.2) is 25.0 Å². The molecule has 2 N–H and O–H groups in total. The summed E-state index contributed by atoms with van der Waals surface area (Å²) in [5.74, 6) is 1.76. The van der Waals surface area contributed by atoms with E-state index in [4.69, 9.17) is 14.5 Å². The van der Waals surface area contributed by atoms with Gasteiger partial charge in [0.15, 0.2) is 0 Å². The Hall–Kier alpha value is -3.31. The van der Waals surface area contributed by atoms with Gasteiger partial charge in [-0.2, -0.15) is 0 Å². The van der Waals surface area contributed by atoms with Gasteiger partial charge in [0.05, 0.1) is 14.2 Å². The molecule has 0 radical (unpaired) electrons. The fraction of sp³-hybridized carbons (Fsp3) is 0.269. The Kier molecular flexibility index (Phi) is 6.23. The molecule has 1 heterocycles. The quantitative estimate of drug-likeness (QED) is 0.580. The first-order valence-electron chi connectivity index (χ1n) is 10.5. The summed E-state index contributed by atoms with van der Waals surface area (Å²) in [6.45, 7) is 2.15. The highest BCUT2D eigenvalue weighted by Gasteiger charge is 2.29. The number of nitrogens with one attached hydrogen (secondary N) is 1. The van der Waals surface area contributed by atoms with E-state index in [1.54, 1.807) is 20.3 Å². The Labute approximate surface area is 183 Å². The molecule has 3 aromatic carbocycles. The lowest BCUT2D eigenvalue weighted by Gasteiger charge is -2.31. The molecule has 3 aromatic rings. The van der Waals surface area contributed by atoms with E-state index in [0.29, 0.717) is 6.42 Å². The van der Waals surface area contributed by atoms with E-state index >= 15 is 0 Å². The molecule has 160 valence electrons. The van der Waals surface area contributed by atoms with Crippen molar-refractivity contribution in [3.63, 3.8) is 0 Å². The van der Waals surface area contributed by atoms with Crippen LogP contribution in [0, 0.1) is 0 Å². The number of aliphatic imine (C=N–C) groups is 1. The Morgan fingerprint density at radius 1 is 0.968 bits per heavy atom. The fourth-order valence-corrected chi connectivity index (χ4v) is 4.01. The van der Waals surface area contributed by atoms with Crippen LogP contribution in [-0.2, 0) is 6.42 Å². The van der Waals surface area contributed by atoms with E-state index in [2.05, 4.69) is 36.5 Å². The van der Waals surface area contributed by atoms with Crippen molar-refractivity contribution >= 4 is 5.71 Å². The Bertz CT molecular complexity index is 1080. The van der Waals surface area contributed by atoms with Crippen molar-refractivity contribution in [3.8, 4) is 17.2 Å². The highest BCUT2D eigenvalue weighted by atomic mass is 16.5. The predicted octanol–water partition coefficient (Wildman–Crippen LogP) is 5.19. The van der Waals surface area contributed by atoms with Crippen molar-refractivity contribution in [2.75, 3.05) is 14.2 Å². The fourth-order valence-electron chi connectivity index (χ4n) is 4.01. The normalized spacial score (nSPS) is 18.4. The second-order valence-corrected chi connectivity index (χ2v) is 7.62. The Morgan fingerprint density at radius 2 is 1.74 bits per heavy atom. The monoisotopic (exact) mass is 416 g/mol. The predicted molar refractivity (Wildman–Crippen MR) is 123 cm³/mol. The topological polar surface area (TPSA) is 63.1 Å². The van der Waals surface area contributed by atoms with Crippen LogP contribution in [0.15, 0.2) is 71.7 Å².